The van der Waals surface area contributed by atoms with Crippen LogP contribution in [-0.4, -0.2) is 114 Å². The molecule has 9 heteroatoms. The highest BCUT2D eigenvalue weighted by Crippen LogP contribution is 2.57. The molecular weight excluding hydrogens is 1060 g/mol. The molecule has 16 atom stereocenters. The van der Waals surface area contributed by atoms with E-state index in [4.69, 9.17) is 0 Å². The van der Waals surface area contributed by atoms with Crippen molar-refractivity contribution in [1.82, 2.24) is 47.9 Å². The summed E-state index contributed by atoms with van der Waals surface area (Å²) in [4.78, 5) is 0. The van der Waals surface area contributed by atoms with Crippen molar-refractivity contribution in [2.24, 2.45) is 91.7 Å². The van der Waals surface area contributed by atoms with E-state index in [0.717, 1.165) is 101 Å². The summed E-state index contributed by atoms with van der Waals surface area (Å²) < 4.78 is 0. The molecule has 0 spiro atoms. The molecule has 12 aliphatic heterocycles. The minimum absolute atomic E-state index is 0.533. The van der Waals surface area contributed by atoms with Gasteiger partial charge in [-0.25, -0.2) is 0 Å². The summed E-state index contributed by atoms with van der Waals surface area (Å²) in [6, 6.07) is 6.16. The second-order valence-electron chi connectivity index (χ2n) is 37.5. The van der Waals surface area contributed by atoms with Crippen LogP contribution in [0.5, 0.6) is 0 Å². The predicted molar refractivity (Wildman–Crippen MR) is 370 cm³/mol. The fourth-order valence-corrected chi connectivity index (χ4v) is 23.3. The van der Waals surface area contributed by atoms with Gasteiger partial charge in [0.15, 0.2) is 0 Å². The van der Waals surface area contributed by atoms with Crippen molar-refractivity contribution in [2.45, 2.75) is 329 Å². The fraction of sp³-hybridized carbons (Fsp3) is 1.00. The molecule has 0 aromatic heterocycles. The Balaban J connectivity index is 0.000000102. The summed E-state index contributed by atoms with van der Waals surface area (Å²) in [5.41, 5.74) is 3.48. The topological polar surface area (TPSA) is 108 Å². The average Bonchev–Trinajstić information content (AvgIpc) is 1.92. The highest BCUT2D eigenvalue weighted by molar-refractivity contribution is 5.08. The smallest absolute Gasteiger partial charge is 0.0124 e. The van der Waals surface area contributed by atoms with E-state index in [1.54, 1.807) is 19.3 Å². The van der Waals surface area contributed by atoms with Crippen LogP contribution < -0.4 is 47.9 Å². The lowest BCUT2D eigenvalue weighted by molar-refractivity contribution is 0.0546. The van der Waals surface area contributed by atoms with Crippen molar-refractivity contribution in [3.8, 4) is 0 Å². The van der Waals surface area contributed by atoms with Crippen LogP contribution in [0.4, 0.5) is 0 Å². The first-order valence-electron chi connectivity index (χ1n) is 39.3. The molecule has 21 fully saturated rings. The van der Waals surface area contributed by atoms with Gasteiger partial charge < -0.3 is 47.9 Å². The molecular formula is C78H145N9. The van der Waals surface area contributed by atoms with Crippen LogP contribution in [0.1, 0.15) is 287 Å². The Morgan fingerprint density at radius 1 is 0.322 bits per heavy atom. The molecule has 87 heavy (non-hydrogen) atoms. The fourth-order valence-electron chi connectivity index (χ4n) is 23.3. The van der Waals surface area contributed by atoms with Crippen molar-refractivity contribution < 1.29 is 0 Å². The van der Waals surface area contributed by atoms with Gasteiger partial charge in [-0.2, -0.15) is 0 Å². The molecule has 9 aliphatic carbocycles. The lowest BCUT2D eigenvalue weighted by Gasteiger charge is -2.46. The normalized spacial score (nSPS) is 46.5. The quantitative estimate of drug-likeness (QED) is 0.117. The van der Waals surface area contributed by atoms with Gasteiger partial charge in [0.1, 0.15) is 0 Å². The molecule has 21 aliphatic rings. The molecule has 502 valence electrons. The first kappa shape index (κ1) is 68.0. The Labute approximate surface area is 538 Å². The molecule has 21 rings (SSSR count). The van der Waals surface area contributed by atoms with Gasteiger partial charge in [-0.1, -0.05) is 94.4 Å². The molecule has 0 aromatic rings. The summed E-state index contributed by atoms with van der Waals surface area (Å²) >= 11 is 0. The monoisotopic (exact) mass is 1210 g/mol. The number of nitrogens with one attached hydrogen (secondary N) is 9. The third kappa shape index (κ3) is 18.2. The van der Waals surface area contributed by atoms with Gasteiger partial charge in [0.05, 0.1) is 0 Å². The van der Waals surface area contributed by atoms with Gasteiger partial charge in [0.2, 0.25) is 0 Å². The van der Waals surface area contributed by atoms with Gasteiger partial charge >= 0.3 is 0 Å². The van der Waals surface area contributed by atoms with E-state index in [1.165, 1.54) is 277 Å². The van der Waals surface area contributed by atoms with E-state index in [0.29, 0.717) is 32.5 Å². The number of hydrogen-bond donors (Lipinski definition) is 9. The molecule has 0 amide bonds. The minimum atomic E-state index is 0.533. The lowest BCUT2D eigenvalue weighted by Crippen LogP contribution is -2.49. The van der Waals surface area contributed by atoms with Gasteiger partial charge in [0, 0.05) is 61.9 Å². The van der Waals surface area contributed by atoms with Gasteiger partial charge in [0.25, 0.3) is 0 Å². The molecule has 18 bridgehead atoms. The van der Waals surface area contributed by atoms with Crippen LogP contribution in [0.25, 0.3) is 0 Å². The standard InChI is InChI=1S/C10H17N.3C10H19N.C9H17N.C8H15N.3C7H13N/c1-7-2-9-3-8(1)5-10(4-7)11-6-9;1-9(2)4-8-5-10(3,6-9)7-11-8;1-9(2)8-4-5-10(9,3)7-11-6-8;1-9(2)8-5-4-6-10(9,3)7-11-8;1-2-6-9-8(4-1)5-3-7-10-9;1-2-8-4-3-7(1)5-9-6-8;1-2-7-3-6(1)4-8-5-7;1-2-6-4-7(3-1)8-5-6;1-2-6-4-5-7(3-1)8-6/h7-11H,1-6H2;3*8,11H,4-7H2,1-3H3;8-10H,1-7H2;7-9H,1-6H2;3*6-8H,1-5H2. The minimum Gasteiger partial charge on any atom is -0.316 e. The van der Waals surface area contributed by atoms with Crippen LogP contribution in [-0.2, 0) is 0 Å². The predicted octanol–water partition coefficient (Wildman–Crippen LogP) is 14.9. The highest BCUT2D eigenvalue weighted by atomic mass is 15.0. The number of hydrogen-bond acceptors (Lipinski definition) is 9. The van der Waals surface area contributed by atoms with E-state index >= 15 is 0 Å². The van der Waals surface area contributed by atoms with Gasteiger partial charge in [-0.05, 0) is 337 Å². The van der Waals surface area contributed by atoms with E-state index in [1.807, 2.05) is 0 Å². The summed E-state index contributed by atoms with van der Waals surface area (Å²) in [6.45, 7) is 36.0. The van der Waals surface area contributed by atoms with E-state index in [-0.39, 0.29) is 0 Å². The van der Waals surface area contributed by atoms with Crippen molar-refractivity contribution in [1.29, 1.82) is 0 Å². The largest absolute Gasteiger partial charge is 0.316 e. The molecule has 9 nitrogen and oxygen atoms in total. The van der Waals surface area contributed by atoms with Crippen LogP contribution in [0.2, 0.25) is 0 Å². The second kappa shape index (κ2) is 30.6. The third-order valence-corrected chi connectivity index (χ3v) is 29.4. The lowest BCUT2D eigenvalue weighted by atomic mass is 9.60. The van der Waals surface area contributed by atoms with Crippen molar-refractivity contribution in [3.05, 3.63) is 0 Å². The van der Waals surface area contributed by atoms with E-state index < -0.39 is 0 Å². The van der Waals surface area contributed by atoms with Crippen molar-refractivity contribution in [3.63, 3.8) is 0 Å². The zero-order valence-electron chi connectivity index (χ0n) is 58.8. The maximum atomic E-state index is 3.70. The summed E-state index contributed by atoms with van der Waals surface area (Å²) in [5, 5.41) is 32.2. The molecule has 9 saturated carbocycles. The van der Waals surface area contributed by atoms with Crippen LogP contribution in [0.15, 0.2) is 0 Å². The van der Waals surface area contributed by atoms with Crippen molar-refractivity contribution in [2.75, 3.05) is 72.0 Å². The first-order chi connectivity index (χ1) is 41.8. The first-order valence-corrected chi connectivity index (χ1v) is 39.3. The van der Waals surface area contributed by atoms with E-state index in [9.17, 15) is 0 Å². The zero-order chi connectivity index (χ0) is 60.7. The summed E-state index contributed by atoms with van der Waals surface area (Å²) in [6.07, 6.45) is 51.4. The maximum Gasteiger partial charge on any atom is 0.0124 e. The summed E-state index contributed by atoms with van der Waals surface area (Å²) in [7, 11) is 0. The molecule has 9 N–H and O–H groups in total. The Kier molecular flexibility index (Phi) is 23.9. The van der Waals surface area contributed by atoms with Crippen LogP contribution in [0, 0.1) is 91.7 Å². The highest BCUT2D eigenvalue weighted by Gasteiger charge is 2.54. The number of rotatable bonds is 0. The van der Waals surface area contributed by atoms with Crippen LogP contribution >= 0.6 is 0 Å². The van der Waals surface area contributed by atoms with E-state index in [2.05, 4.69) is 110 Å². The Morgan fingerprint density at radius 3 is 1.51 bits per heavy atom. The second-order valence-corrected chi connectivity index (χ2v) is 37.5. The van der Waals surface area contributed by atoms with Gasteiger partial charge in [-0.3, -0.25) is 0 Å². The van der Waals surface area contributed by atoms with Gasteiger partial charge in [-0.15, -0.1) is 0 Å². The number of piperidine rings is 4. The molecule has 16 unspecified atom stereocenters. The SMILES string of the molecule is C1CC2CCC(C1)N2.C1CC2CCC1CNC2.C1CC2CNC(C1)C2.C1CC2CNCC1C2.C1CCC2NCCCC2C1.C1NC2CC3CC1CC(C3)C2.CC1(C)CC2CC(C)(CN2)C1.CC12CCC(CNC1)C2(C)C.CC12CCCC(NC1)C2(C)C. The Bertz CT molecular complexity index is 1820. The number of fused-ring (bicyclic) bond motifs is 18. The average molecular weight is 1210 g/mol. The Hall–Kier alpha value is -0.360. The summed E-state index contributed by atoms with van der Waals surface area (Å²) in [5.74, 6) is 10.4. The zero-order valence-corrected chi connectivity index (χ0v) is 58.8. The van der Waals surface area contributed by atoms with Crippen molar-refractivity contribution >= 4 is 0 Å². The van der Waals surface area contributed by atoms with Crippen LogP contribution in [0.3, 0.4) is 0 Å². The maximum absolute atomic E-state index is 3.70. The molecule has 0 radical (unpaired) electrons. The third-order valence-electron chi connectivity index (χ3n) is 29.4. The molecule has 12 heterocycles. The Morgan fingerprint density at radius 2 is 0.897 bits per heavy atom. The molecule has 12 saturated heterocycles. The molecule has 0 aromatic carbocycles.